The smallest absolute Gasteiger partial charge is 0.229 e. The van der Waals surface area contributed by atoms with Crippen molar-refractivity contribution >= 4 is 5.91 Å². The Labute approximate surface area is 85.1 Å². The molecule has 1 aliphatic heterocycles. The van der Waals surface area contributed by atoms with Gasteiger partial charge < -0.3 is 15.7 Å². The van der Waals surface area contributed by atoms with Crippen molar-refractivity contribution in [2.45, 2.75) is 32.8 Å². The molecule has 1 fully saturated rings. The number of β-amino-alcohol motifs (C(OH)–C–C–N with tert-alkyl or cyclic N) is 1. The van der Waals surface area contributed by atoms with Crippen LogP contribution in [0.25, 0.3) is 0 Å². The Morgan fingerprint density at radius 2 is 2.21 bits per heavy atom. The molecule has 1 unspecified atom stereocenters. The van der Waals surface area contributed by atoms with Crippen LogP contribution >= 0.6 is 0 Å². The van der Waals surface area contributed by atoms with Gasteiger partial charge in [0.05, 0.1) is 11.0 Å². The zero-order valence-electron chi connectivity index (χ0n) is 9.21. The topological polar surface area (TPSA) is 66.6 Å². The van der Waals surface area contributed by atoms with Crippen molar-refractivity contribution in [1.82, 2.24) is 4.90 Å². The summed E-state index contributed by atoms with van der Waals surface area (Å²) in [4.78, 5) is 13.6. The average molecular weight is 200 g/mol. The van der Waals surface area contributed by atoms with Gasteiger partial charge >= 0.3 is 0 Å². The largest absolute Gasteiger partial charge is 0.388 e. The molecule has 1 rings (SSSR count). The third kappa shape index (κ3) is 2.25. The van der Waals surface area contributed by atoms with E-state index in [0.717, 1.165) is 0 Å². The maximum Gasteiger partial charge on any atom is 0.229 e. The molecule has 0 aliphatic carbocycles. The number of aliphatic hydroxyl groups is 1. The predicted molar refractivity (Wildman–Crippen MR) is 54.7 cm³/mol. The van der Waals surface area contributed by atoms with Gasteiger partial charge in [0.2, 0.25) is 5.91 Å². The Kier molecular flexibility index (Phi) is 2.88. The predicted octanol–water partition coefficient (Wildman–Crippen LogP) is -0.0454. The van der Waals surface area contributed by atoms with E-state index in [2.05, 4.69) is 0 Å². The monoisotopic (exact) mass is 200 g/mol. The van der Waals surface area contributed by atoms with E-state index in [4.69, 9.17) is 5.73 Å². The Morgan fingerprint density at radius 1 is 1.64 bits per heavy atom. The van der Waals surface area contributed by atoms with Crippen molar-refractivity contribution in [3.8, 4) is 0 Å². The number of carbonyl (C=O) groups excluding carboxylic acids is 1. The summed E-state index contributed by atoms with van der Waals surface area (Å²) in [5, 5.41) is 9.73. The van der Waals surface area contributed by atoms with Crippen LogP contribution in [0.4, 0.5) is 0 Å². The molecule has 1 aliphatic rings. The second kappa shape index (κ2) is 3.51. The summed E-state index contributed by atoms with van der Waals surface area (Å²) >= 11 is 0. The molecule has 0 radical (unpaired) electrons. The van der Waals surface area contributed by atoms with Crippen molar-refractivity contribution in [2.75, 3.05) is 19.6 Å². The fourth-order valence-electron chi connectivity index (χ4n) is 1.63. The molecule has 82 valence electrons. The Morgan fingerprint density at radius 3 is 2.57 bits per heavy atom. The highest BCUT2D eigenvalue weighted by Crippen LogP contribution is 2.25. The lowest BCUT2D eigenvalue weighted by molar-refractivity contribution is -0.139. The molecule has 1 heterocycles. The Bertz CT molecular complexity index is 236. The van der Waals surface area contributed by atoms with Gasteiger partial charge in [-0.2, -0.15) is 0 Å². The van der Waals surface area contributed by atoms with Crippen LogP contribution in [0.15, 0.2) is 0 Å². The van der Waals surface area contributed by atoms with Gasteiger partial charge in [0.25, 0.3) is 0 Å². The molecule has 0 spiro atoms. The second-order valence-corrected chi connectivity index (χ2v) is 5.06. The lowest BCUT2D eigenvalue weighted by Crippen LogP contribution is -2.45. The quantitative estimate of drug-likeness (QED) is 0.657. The van der Waals surface area contributed by atoms with Crippen LogP contribution in [0.3, 0.4) is 0 Å². The molecule has 4 nitrogen and oxygen atoms in total. The van der Waals surface area contributed by atoms with Crippen molar-refractivity contribution < 1.29 is 9.90 Å². The van der Waals surface area contributed by atoms with Crippen LogP contribution in [-0.4, -0.2) is 41.1 Å². The molecule has 3 N–H and O–H groups in total. The molecule has 0 aromatic carbocycles. The van der Waals surface area contributed by atoms with Gasteiger partial charge in [0.1, 0.15) is 0 Å². The number of likely N-dealkylation sites (tertiary alicyclic amines) is 1. The first-order valence-electron chi connectivity index (χ1n) is 5.00. The van der Waals surface area contributed by atoms with Gasteiger partial charge in [-0.3, -0.25) is 4.79 Å². The molecular formula is C10H20N2O2. The van der Waals surface area contributed by atoms with Crippen LogP contribution < -0.4 is 5.73 Å². The van der Waals surface area contributed by atoms with Gasteiger partial charge in [-0.1, -0.05) is 0 Å². The zero-order valence-corrected chi connectivity index (χ0v) is 9.21. The normalized spacial score (nSPS) is 28.2. The molecular weight excluding hydrogens is 180 g/mol. The van der Waals surface area contributed by atoms with E-state index in [1.807, 2.05) is 13.8 Å². The van der Waals surface area contributed by atoms with Crippen LogP contribution in [0.5, 0.6) is 0 Å². The summed E-state index contributed by atoms with van der Waals surface area (Å²) in [6.45, 7) is 6.83. The highest BCUT2D eigenvalue weighted by molar-refractivity contribution is 5.82. The van der Waals surface area contributed by atoms with Crippen LogP contribution in [-0.2, 0) is 4.79 Å². The van der Waals surface area contributed by atoms with E-state index in [-0.39, 0.29) is 5.91 Å². The summed E-state index contributed by atoms with van der Waals surface area (Å²) in [5.41, 5.74) is 4.30. The summed E-state index contributed by atoms with van der Waals surface area (Å²) in [5.74, 6) is 0.0396. The SMILES string of the molecule is CC1(O)CCN(C(=O)C(C)(C)CN)C1. The summed E-state index contributed by atoms with van der Waals surface area (Å²) in [6.07, 6.45) is 0.652. The van der Waals surface area contributed by atoms with E-state index in [1.54, 1.807) is 11.8 Å². The van der Waals surface area contributed by atoms with Gasteiger partial charge in [0, 0.05) is 19.6 Å². The van der Waals surface area contributed by atoms with Crippen LogP contribution in [0.1, 0.15) is 27.2 Å². The molecule has 1 saturated heterocycles. The van der Waals surface area contributed by atoms with Crippen LogP contribution in [0, 0.1) is 5.41 Å². The van der Waals surface area contributed by atoms with Crippen LogP contribution in [0.2, 0.25) is 0 Å². The average Bonchev–Trinajstić information content (AvgIpc) is 2.44. The minimum Gasteiger partial charge on any atom is -0.388 e. The van der Waals surface area contributed by atoms with Gasteiger partial charge in [-0.25, -0.2) is 0 Å². The van der Waals surface area contributed by atoms with E-state index in [1.165, 1.54) is 0 Å². The first-order chi connectivity index (χ1) is 6.28. The molecule has 0 saturated carbocycles. The third-order valence-electron chi connectivity index (χ3n) is 2.83. The van der Waals surface area contributed by atoms with E-state index < -0.39 is 11.0 Å². The van der Waals surface area contributed by atoms with E-state index >= 15 is 0 Å². The number of carbonyl (C=O) groups is 1. The molecule has 1 atom stereocenters. The number of amides is 1. The van der Waals surface area contributed by atoms with Gasteiger partial charge in [-0.05, 0) is 27.2 Å². The Hall–Kier alpha value is -0.610. The summed E-state index contributed by atoms with van der Waals surface area (Å²) < 4.78 is 0. The maximum absolute atomic E-state index is 11.9. The zero-order chi connectivity index (χ0) is 11.0. The van der Waals surface area contributed by atoms with Gasteiger partial charge in [0.15, 0.2) is 0 Å². The van der Waals surface area contributed by atoms with Crippen molar-refractivity contribution in [2.24, 2.45) is 11.1 Å². The molecule has 1 amide bonds. The molecule has 0 bridgehead atoms. The fraction of sp³-hybridized carbons (Fsp3) is 0.900. The second-order valence-electron chi connectivity index (χ2n) is 5.06. The van der Waals surface area contributed by atoms with Crippen molar-refractivity contribution in [3.63, 3.8) is 0 Å². The lowest BCUT2D eigenvalue weighted by atomic mass is 9.92. The highest BCUT2D eigenvalue weighted by Gasteiger charge is 2.38. The maximum atomic E-state index is 11.9. The third-order valence-corrected chi connectivity index (χ3v) is 2.83. The number of rotatable bonds is 2. The standard InChI is InChI=1S/C10H20N2O2/c1-9(2,6-11)8(13)12-5-4-10(3,14)7-12/h14H,4-7,11H2,1-3H3. The Balaban J connectivity index is 2.65. The first kappa shape index (κ1) is 11.5. The van der Waals surface area contributed by atoms with E-state index in [0.29, 0.717) is 26.1 Å². The lowest BCUT2D eigenvalue weighted by Gasteiger charge is -2.28. The minimum atomic E-state index is -0.722. The molecule has 0 aromatic heterocycles. The highest BCUT2D eigenvalue weighted by atomic mass is 16.3. The summed E-state index contributed by atoms with van der Waals surface area (Å²) in [7, 11) is 0. The fourth-order valence-corrected chi connectivity index (χ4v) is 1.63. The van der Waals surface area contributed by atoms with Crippen molar-refractivity contribution in [1.29, 1.82) is 0 Å². The number of nitrogens with zero attached hydrogens (tertiary/aromatic N) is 1. The van der Waals surface area contributed by atoms with E-state index in [9.17, 15) is 9.90 Å². The van der Waals surface area contributed by atoms with Gasteiger partial charge in [-0.15, -0.1) is 0 Å². The molecule has 4 heteroatoms. The number of hydrogen-bond donors (Lipinski definition) is 2. The van der Waals surface area contributed by atoms with Crippen molar-refractivity contribution in [3.05, 3.63) is 0 Å². The first-order valence-corrected chi connectivity index (χ1v) is 5.00. The molecule has 14 heavy (non-hydrogen) atoms. The minimum absolute atomic E-state index is 0.0396. The summed E-state index contributed by atoms with van der Waals surface area (Å²) in [6, 6.07) is 0. The molecule has 0 aromatic rings. The number of nitrogens with two attached hydrogens (primary N) is 1. The number of hydrogen-bond acceptors (Lipinski definition) is 3.